The molecule has 1 aliphatic rings. The first-order valence-corrected chi connectivity index (χ1v) is 10.8. The van der Waals surface area contributed by atoms with E-state index in [0.717, 1.165) is 35.9 Å². The average Bonchev–Trinajstić information content (AvgIpc) is 2.66. The number of carboxylic acid groups (broad SMARTS) is 1. The SMILES string of the molecule is O=C(O)CCCN1CCc2ccc(S(=O)(=O)Nc3cccc(C(F)(F)F)c3)cc2C1. The maximum absolute atomic E-state index is 12.9. The summed E-state index contributed by atoms with van der Waals surface area (Å²) in [6.07, 6.45) is -3.29. The summed E-state index contributed by atoms with van der Waals surface area (Å²) in [5.74, 6) is -0.860. The molecule has 0 unspecified atom stereocenters. The Balaban J connectivity index is 1.76. The van der Waals surface area contributed by atoms with E-state index in [1.54, 1.807) is 6.07 Å². The molecule has 0 saturated carbocycles. The summed E-state index contributed by atoms with van der Waals surface area (Å²) in [6.45, 7) is 1.83. The van der Waals surface area contributed by atoms with Crippen LogP contribution in [0.15, 0.2) is 47.4 Å². The first-order chi connectivity index (χ1) is 14.0. The molecule has 0 spiro atoms. The number of alkyl halides is 3. The Kier molecular flexibility index (Phi) is 6.37. The third kappa shape index (κ3) is 5.51. The van der Waals surface area contributed by atoms with E-state index in [1.165, 1.54) is 18.2 Å². The van der Waals surface area contributed by atoms with Gasteiger partial charge in [0.25, 0.3) is 10.0 Å². The van der Waals surface area contributed by atoms with Crippen LogP contribution >= 0.6 is 0 Å². The molecule has 0 bridgehead atoms. The van der Waals surface area contributed by atoms with E-state index < -0.39 is 27.7 Å². The second kappa shape index (κ2) is 8.65. The van der Waals surface area contributed by atoms with E-state index in [1.807, 2.05) is 0 Å². The highest BCUT2D eigenvalue weighted by Crippen LogP contribution is 2.31. The van der Waals surface area contributed by atoms with Crippen molar-refractivity contribution in [2.24, 2.45) is 0 Å². The van der Waals surface area contributed by atoms with Gasteiger partial charge in [0.2, 0.25) is 0 Å². The van der Waals surface area contributed by atoms with Gasteiger partial charge in [0.05, 0.1) is 10.5 Å². The number of carbonyl (C=O) groups is 1. The standard InChI is InChI=1S/C20H21F3N2O4S/c21-20(22,23)16-3-1-4-17(12-16)24-30(28,29)18-7-6-14-8-10-25(13-15(14)11-18)9-2-5-19(26)27/h1,3-4,6-7,11-12,24H,2,5,8-10,13H2,(H,26,27). The zero-order valence-electron chi connectivity index (χ0n) is 15.9. The molecule has 3 rings (SSSR count). The highest BCUT2D eigenvalue weighted by Gasteiger charge is 2.31. The van der Waals surface area contributed by atoms with Crippen LogP contribution in [0.5, 0.6) is 0 Å². The Morgan fingerprint density at radius 3 is 2.60 bits per heavy atom. The molecule has 0 aliphatic carbocycles. The molecule has 1 heterocycles. The molecule has 10 heteroatoms. The van der Waals surface area contributed by atoms with Gasteiger partial charge in [-0.15, -0.1) is 0 Å². The van der Waals surface area contributed by atoms with Gasteiger partial charge in [0.1, 0.15) is 0 Å². The lowest BCUT2D eigenvalue weighted by molar-refractivity contribution is -0.138. The Hall–Kier alpha value is -2.59. The minimum absolute atomic E-state index is 0.0361. The number of hydrogen-bond acceptors (Lipinski definition) is 4. The zero-order chi connectivity index (χ0) is 21.9. The smallest absolute Gasteiger partial charge is 0.416 e. The minimum Gasteiger partial charge on any atom is -0.481 e. The summed E-state index contributed by atoms with van der Waals surface area (Å²) in [7, 11) is -4.07. The largest absolute Gasteiger partial charge is 0.481 e. The second-order valence-corrected chi connectivity index (χ2v) is 8.82. The van der Waals surface area contributed by atoms with Gasteiger partial charge in [-0.05, 0) is 60.8 Å². The molecule has 2 aromatic carbocycles. The summed E-state index contributed by atoms with van der Waals surface area (Å²) >= 11 is 0. The molecule has 0 fully saturated rings. The van der Waals surface area contributed by atoms with E-state index >= 15 is 0 Å². The number of fused-ring (bicyclic) bond motifs is 1. The molecule has 6 nitrogen and oxygen atoms in total. The van der Waals surface area contributed by atoms with Gasteiger partial charge in [-0.1, -0.05) is 12.1 Å². The fourth-order valence-corrected chi connectivity index (χ4v) is 4.48. The molecule has 0 atom stereocenters. The first kappa shape index (κ1) is 22.1. The van der Waals surface area contributed by atoms with Crippen molar-refractivity contribution < 1.29 is 31.5 Å². The molecule has 0 radical (unpaired) electrons. The van der Waals surface area contributed by atoms with Crippen molar-refractivity contribution in [3.05, 3.63) is 59.2 Å². The number of halogens is 3. The van der Waals surface area contributed by atoms with Gasteiger partial charge in [0.15, 0.2) is 0 Å². The molecule has 2 aromatic rings. The quantitative estimate of drug-likeness (QED) is 0.683. The fourth-order valence-electron chi connectivity index (χ4n) is 3.38. The van der Waals surface area contributed by atoms with Crippen molar-refractivity contribution in [2.45, 2.75) is 36.9 Å². The van der Waals surface area contributed by atoms with E-state index in [-0.39, 0.29) is 17.0 Å². The van der Waals surface area contributed by atoms with E-state index in [0.29, 0.717) is 25.9 Å². The van der Waals surface area contributed by atoms with Gasteiger partial charge >= 0.3 is 12.1 Å². The summed E-state index contributed by atoms with van der Waals surface area (Å²) in [5, 5.41) is 8.75. The molecule has 1 aliphatic heterocycles. The van der Waals surface area contributed by atoms with Crippen LogP contribution in [0.25, 0.3) is 0 Å². The van der Waals surface area contributed by atoms with E-state index in [2.05, 4.69) is 9.62 Å². The van der Waals surface area contributed by atoms with E-state index in [9.17, 15) is 26.4 Å². The van der Waals surface area contributed by atoms with Gasteiger partial charge in [-0.3, -0.25) is 14.4 Å². The Morgan fingerprint density at radius 1 is 1.13 bits per heavy atom. The lowest BCUT2D eigenvalue weighted by atomic mass is 10.00. The highest BCUT2D eigenvalue weighted by molar-refractivity contribution is 7.92. The predicted octanol–water partition coefficient (Wildman–Crippen LogP) is 3.73. The van der Waals surface area contributed by atoms with Crippen molar-refractivity contribution in [3.63, 3.8) is 0 Å². The van der Waals surface area contributed by atoms with Crippen molar-refractivity contribution in [3.8, 4) is 0 Å². The van der Waals surface area contributed by atoms with Crippen molar-refractivity contribution in [2.75, 3.05) is 17.8 Å². The van der Waals surface area contributed by atoms with Gasteiger partial charge in [-0.2, -0.15) is 13.2 Å². The Morgan fingerprint density at radius 2 is 1.90 bits per heavy atom. The molecule has 30 heavy (non-hydrogen) atoms. The predicted molar refractivity (Wildman–Crippen MR) is 105 cm³/mol. The second-order valence-electron chi connectivity index (χ2n) is 7.14. The normalized spacial score (nSPS) is 14.9. The Labute approximate surface area is 172 Å². The van der Waals surface area contributed by atoms with Crippen LogP contribution in [0.3, 0.4) is 0 Å². The van der Waals surface area contributed by atoms with Gasteiger partial charge in [-0.25, -0.2) is 8.42 Å². The topological polar surface area (TPSA) is 86.7 Å². The summed E-state index contributed by atoms with van der Waals surface area (Å²) in [6, 6.07) is 8.70. The molecular formula is C20H21F3N2O4S. The average molecular weight is 442 g/mol. The van der Waals surface area contributed by atoms with Crippen molar-refractivity contribution in [1.29, 1.82) is 0 Å². The number of nitrogens with one attached hydrogen (secondary N) is 1. The van der Waals surface area contributed by atoms with Gasteiger partial charge in [0, 0.05) is 25.2 Å². The summed E-state index contributed by atoms with van der Waals surface area (Å²) < 4.78 is 66.2. The minimum atomic E-state index is -4.57. The number of rotatable bonds is 7. The van der Waals surface area contributed by atoms with Gasteiger partial charge < -0.3 is 5.11 Å². The molecular weight excluding hydrogens is 421 g/mol. The number of nitrogens with zero attached hydrogens (tertiary/aromatic N) is 1. The van der Waals surface area contributed by atoms with Crippen LogP contribution in [0, 0.1) is 0 Å². The maximum Gasteiger partial charge on any atom is 0.416 e. The third-order valence-corrected chi connectivity index (χ3v) is 6.27. The van der Waals surface area contributed by atoms with Crippen LogP contribution in [0.4, 0.5) is 18.9 Å². The zero-order valence-corrected chi connectivity index (χ0v) is 16.8. The molecule has 0 amide bonds. The fraction of sp³-hybridized carbons (Fsp3) is 0.350. The lowest BCUT2D eigenvalue weighted by Gasteiger charge is -2.29. The number of sulfonamides is 1. The van der Waals surface area contributed by atoms with Crippen LogP contribution in [-0.4, -0.2) is 37.5 Å². The number of hydrogen-bond donors (Lipinski definition) is 2. The third-order valence-electron chi connectivity index (χ3n) is 4.89. The van der Waals surface area contributed by atoms with Crippen LogP contribution in [-0.2, 0) is 34.0 Å². The van der Waals surface area contributed by atoms with Crippen molar-refractivity contribution in [1.82, 2.24) is 4.90 Å². The van der Waals surface area contributed by atoms with Crippen LogP contribution < -0.4 is 4.72 Å². The molecule has 162 valence electrons. The summed E-state index contributed by atoms with van der Waals surface area (Å²) in [4.78, 5) is 12.7. The van der Waals surface area contributed by atoms with E-state index in [4.69, 9.17) is 5.11 Å². The monoisotopic (exact) mass is 442 g/mol. The number of anilines is 1. The maximum atomic E-state index is 12.9. The highest BCUT2D eigenvalue weighted by atomic mass is 32.2. The Bertz CT molecular complexity index is 1040. The van der Waals surface area contributed by atoms with Crippen LogP contribution in [0.1, 0.15) is 29.5 Å². The first-order valence-electron chi connectivity index (χ1n) is 9.31. The number of carboxylic acids is 1. The van der Waals surface area contributed by atoms with Crippen molar-refractivity contribution >= 4 is 21.7 Å². The van der Waals surface area contributed by atoms with Crippen LogP contribution in [0.2, 0.25) is 0 Å². The molecule has 0 aromatic heterocycles. The number of benzene rings is 2. The lowest BCUT2D eigenvalue weighted by Crippen LogP contribution is -2.31. The molecule has 2 N–H and O–H groups in total. The number of aliphatic carboxylic acids is 1. The summed E-state index contributed by atoms with van der Waals surface area (Å²) in [5.41, 5.74) is 0.703. The molecule has 0 saturated heterocycles.